The molecule has 0 amide bonds. The zero-order valence-corrected chi connectivity index (χ0v) is 21.7. The van der Waals surface area contributed by atoms with Gasteiger partial charge in [-0.25, -0.2) is 9.69 Å². The van der Waals surface area contributed by atoms with Crippen LogP contribution in [0, 0.1) is 13.1 Å². The maximum absolute atomic E-state index is 9.50. The molecule has 3 rings (SSSR count). The highest BCUT2D eigenvalue weighted by molar-refractivity contribution is 5.43. The van der Waals surface area contributed by atoms with Gasteiger partial charge in [-0.05, 0) is 5.56 Å². The molecule has 3 aromatic rings. The van der Waals surface area contributed by atoms with Gasteiger partial charge in [0.25, 0.3) is 0 Å². The number of alkyl halides is 1. The van der Waals surface area contributed by atoms with Crippen LogP contribution in [-0.4, -0.2) is 7.18 Å². The van der Waals surface area contributed by atoms with Crippen molar-refractivity contribution in [1.29, 1.82) is 0 Å². The Morgan fingerprint density at radius 1 is 0.618 bits per heavy atom. The third-order valence-corrected chi connectivity index (χ3v) is 2.85. The molecule has 0 bridgehead atoms. The Hall–Kier alpha value is -3.47. The highest BCUT2D eigenvalue weighted by atomic mass is 19.1. The summed E-state index contributed by atoms with van der Waals surface area (Å²) in [4.78, 5) is 6.44. The molecule has 3 aromatic carbocycles. The van der Waals surface area contributed by atoms with Crippen molar-refractivity contribution in [2.24, 2.45) is 5.73 Å². The fraction of sp³-hybridized carbons (Fsp3) is 0.333. The van der Waals surface area contributed by atoms with Crippen LogP contribution in [-0.2, 0) is 6.54 Å². The van der Waals surface area contributed by atoms with Crippen molar-refractivity contribution in [3.05, 3.63) is 119 Å². The molecule has 0 atom stereocenters. The second-order valence-corrected chi connectivity index (χ2v) is 4.58. The summed E-state index contributed by atoms with van der Waals surface area (Å²) in [5.74, 6) is 0. The van der Waals surface area contributed by atoms with Gasteiger partial charge in [-0.2, -0.15) is 0 Å². The normalized spacial score (nSPS) is 7.00. The number of rotatable bonds is 1. The minimum atomic E-state index is 0. The van der Waals surface area contributed by atoms with Gasteiger partial charge in [0.05, 0.1) is 20.3 Å². The molecule has 4 heteroatoms. The van der Waals surface area contributed by atoms with Crippen LogP contribution in [0.2, 0.25) is 0 Å². The van der Waals surface area contributed by atoms with E-state index in [4.69, 9.17) is 23.0 Å². The van der Waals surface area contributed by atoms with Crippen LogP contribution in [0.3, 0.4) is 0 Å². The third kappa shape index (κ3) is 30.7. The Labute approximate surface area is 216 Å². The van der Waals surface area contributed by atoms with Crippen LogP contribution in [0.4, 0.5) is 15.8 Å². The van der Waals surface area contributed by atoms with Gasteiger partial charge in [0, 0.05) is 10.7 Å². The molecule has 2 N–H and O–H groups in total. The fourth-order valence-corrected chi connectivity index (χ4v) is 1.62. The molecule has 0 spiro atoms. The summed E-state index contributed by atoms with van der Waals surface area (Å²) in [5, 5.41) is 0. The molecule has 0 aliphatic heterocycles. The summed E-state index contributed by atoms with van der Waals surface area (Å²) < 4.78 is 26.8. The lowest BCUT2D eigenvalue weighted by atomic mass is 10.2. The van der Waals surface area contributed by atoms with Crippen molar-refractivity contribution >= 4 is 11.4 Å². The molecule has 0 aliphatic rings. The van der Waals surface area contributed by atoms with Crippen molar-refractivity contribution in [3.63, 3.8) is 0 Å². The quantitative estimate of drug-likeness (QED) is 0.350. The second kappa shape index (κ2) is 43.4. The van der Waals surface area contributed by atoms with Crippen molar-refractivity contribution < 1.29 is 8.50 Å². The molecule has 0 aromatic heterocycles. The van der Waals surface area contributed by atoms with Crippen LogP contribution in [0.1, 0.15) is 67.0 Å². The van der Waals surface area contributed by atoms with Crippen molar-refractivity contribution in [2.75, 3.05) is 7.18 Å². The predicted molar refractivity (Wildman–Crippen MR) is 156 cm³/mol. The van der Waals surface area contributed by atoms with Crippen molar-refractivity contribution in [3.8, 4) is 0 Å². The largest absolute Gasteiger partial charge is 0.326 e. The number of benzene rings is 3. The van der Waals surface area contributed by atoms with Crippen molar-refractivity contribution in [1.82, 2.24) is 0 Å². The van der Waals surface area contributed by atoms with Gasteiger partial charge in [0.1, 0.15) is 0 Å². The topological polar surface area (TPSA) is 34.7 Å². The lowest BCUT2D eigenvalue weighted by Gasteiger charge is -1.90. The van der Waals surface area contributed by atoms with Crippen LogP contribution in [0.15, 0.2) is 91.0 Å². The summed E-state index contributed by atoms with van der Waals surface area (Å²) in [6.07, 6.45) is 0. The average molecular weight is 475 g/mol. The molecule has 0 saturated heterocycles. The minimum absolute atomic E-state index is 0. The minimum Gasteiger partial charge on any atom is -0.326 e. The SMILES string of the molecule is C.CC.CC.CF.NCc1ccccc1.[2H]C.[2H]C.[2H]C.[C-]#[N+]c1ccccc1.[C-]#[N+]c1ccccc1. The molecule has 0 saturated carbocycles. The molecule has 192 valence electrons. The fourth-order valence-electron chi connectivity index (χ4n) is 1.62. The molecule has 0 fully saturated rings. The Morgan fingerprint density at radius 3 is 1.00 bits per heavy atom. The monoisotopic (exact) mass is 474 g/mol. The Kier molecular flexibility index (Phi) is 48.3. The second-order valence-electron chi connectivity index (χ2n) is 4.58. The number of hydrogen-bond acceptors (Lipinski definition) is 1. The van der Waals surface area contributed by atoms with E-state index in [0.717, 1.165) is 0 Å². The van der Waals surface area contributed by atoms with Gasteiger partial charge in [-0.1, -0.05) is 148 Å². The van der Waals surface area contributed by atoms with E-state index in [-0.39, 0.29) is 7.43 Å². The van der Waals surface area contributed by atoms with E-state index in [2.05, 4.69) is 9.69 Å². The first-order valence-corrected chi connectivity index (χ1v) is 9.77. The van der Waals surface area contributed by atoms with E-state index < -0.39 is 0 Å². The molecule has 34 heavy (non-hydrogen) atoms. The number of para-hydroxylation sites is 2. The van der Waals surface area contributed by atoms with E-state index in [9.17, 15) is 4.39 Å². The number of halogens is 1. The summed E-state index contributed by atoms with van der Waals surface area (Å²) in [5.41, 5.74) is 7.94. The predicted octanol–water partition coefficient (Wildman–Crippen LogP) is 10.8. The van der Waals surface area contributed by atoms with Crippen molar-refractivity contribution in [2.45, 2.75) is 63.9 Å². The molecular weight excluding hydrogens is 421 g/mol. The van der Waals surface area contributed by atoms with Gasteiger partial charge in [0.15, 0.2) is 11.4 Å². The highest BCUT2D eigenvalue weighted by Crippen LogP contribution is 2.08. The lowest BCUT2D eigenvalue weighted by Crippen LogP contribution is -1.94. The van der Waals surface area contributed by atoms with E-state index >= 15 is 0 Å². The molecule has 0 aliphatic carbocycles. The summed E-state index contributed by atoms with van der Waals surface area (Å²) in [6.45, 7) is 21.8. The Bertz CT molecular complexity index is 728. The first-order chi connectivity index (χ1) is 17.8. The smallest absolute Gasteiger partial charge is 0.187 e. The third-order valence-electron chi connectivity index (χ3n) is 2.85. The summed E-state index contributed by atoms with van der Waals surface area (Å²) in [7, 11) is 4.25. The summed E-state index contributed by atoms with van der Waals surface area (Å²) >= 11 is 0. The zero-order valence-electron chi connectivity index (χ0n) is 24.7. The standard InChI is InChI=1S/2C7H5N.C7H9N.2C2H6.CH3F.4CH4/c2*1-8-7-5-3-2-4-6-7;8-6-7-4-2-1-3-5-7;3*1-2;;;;/h2*2-6H;1-5H,6,8H2;2*1-2H3;1H3;4*1H4/i;;;;;;3*1D;. The summed E-state index contributed by atoms with van der Waals surface area (Å²) in [6, 6.07) is 28.3. The maximum Gasteiger partial charge on any atom is 0.187 e. The average Bonchev–Trinajstić information content (AvgIpc) is 3.05. The Morgan fingerprint density at radius 2 is 0.853 bits per heavy atom. The van der Waals surface area contributed by atoms with Crippen LogP contribution >= 0.6 is 0 Å². The molecule has 0 radical (unpaired) electrons. The highest BCUT2D eigenvalue weighted by Gasteiger charge is 1.81. The zero-order chi connectivity index (χ0) is 29.5. The number of hydrogen-bond donors (Lipinski definition) is 1. The van der Waals surface area contributed by atoms with Crippen LogP contribution < -0.4 is 5.73 Å². The first kappa shape index (κ1) is 37.8. The van der Waals surface area contributed by atoms with E-state index in [0.29, 0.717) is 25.1 Å². The van der Waals surface area contributed by atoms with Crippen LogP contribution in [0.25, 0.3) is 9.69 Å². The Balaban J connectivity index is -0.0000000599. The number of nitrogens with zero attached hydrogens (tertiary/aromatic N) is 2. The van der Waals surface area contributed by atoms with E-state index in [1.54, 1.807) is 24.3 Å². The number of nitrogens with two attached hydrogens (primary N) is 1. The molecular formula is C30H50FN3. The molecule has 0 unspecified atom stereocenters. The van der Waals surface area contributed by atoms with Gasteiger partial charge < -0.3 is 5.73 Å². The van der Waals surface area contributed by atoms with E-state index in [1.165, 1.54) is 27.8 Å². The first-order valence-electron chi connectivity index (χ1n) is 12.8. The molecule has 0 heterocycles. The van der Waals surface area contributed by atoms with Gasteiger partial charge in [-0.15, -0.1) is 0 Å². The van der Waals surface area contributed by atoms with Crippen LogP contribution in [0.5, 0.6) is 0 Å². The lowest BCUT2D eigenvalue weighted by molar-refractivity contribution is 0.636. The van der Waals surface area contributed by atoms with Gasteiger partial charge in [-0.3, -0.25) is 4.39 Å². The molecule has 3 nitrogen and oxygen atoms in total. The maximum atomic E-state index is 9.50. The van der Waals surface area contributed by atoms with E-state index in [1.807, 2.05) is 94.4 Å². The van der Waals surface area contributed by atoms with Gasteiger partial charge in [0.2, 0.25) is 0 Å². The van der Waals surface area contributed by atoms with Gasteiger partial charge >= 0.3 is 0 Å².